The highest BCUT2D eigenvalue weighted by Gasteiger charge is 2.49. The van der Waals surface area contributed by atoms with E-state index in [0.717, 1.165) is 31.7 Å². The summed E-state index contributed by atoms with van der Waals surface area (Å²) in [5.41, 5.74) is -1.79. The standard InChI is InChI=1S/C64H92Cl2F3N11O11/c1-14-39(6)54-61(90)76(10)35-52(83)74(8)36-53(84)78(12)49(33-42-19-17-20-43(65)31-42)60(89)75(9)34-50(81)71-46(25-23-41-22-24-44(45(66)32-41)64(67,68)69)59(88)80-28-18-21-47(80)57(86)73-63(26-15-16-27-63)62(91)79(13)55(38(4)5)58(87)70-40(7)30-51(82)77(11)48(29-37(2)3)56(85)72-54/h17,19-20,22,24,31-32,37-40,46-49,54-55H,14-16,18,21,23,25-30,33-36H2,1-13H3,(H,70,87)(H,71,81)(H,72,85)(H,73,86)/t39-,40+,46-,47?,48-,49-,54-,55-/m0/s1. The fraction of sp³-hybridized carbons (Fsp3) is 0.641. The van der Waals surface area contributed by atoms with Gasteiger partial charge in [0.25, 0.3) is 0 Å². The van der Waals surface area contributed by atoms with Crippen molar-refractivity contribution in [2.45, 2.75) is 180 Å². The number of rotatable bonds is 10. The SMILES string of the molecule is CC[C@H](C)[C@@H]1NC(=O)[C@H](CC(C)C)N(C)C(=O)C[C@@H](C)NC(=O)[C@H](C(C)C)N(C)C(=O)C2(CCCC2)NC(=O)C2CCCN2C(=O)[C@H](CCc2ccc(C(F)(F)F)c(Cl)c2)NC(=O)CN(C)C(=O)[C@H](Cc2cccc(Cl)c2)N(C)C(=O)CN(C)C(=O)CN(C)C1=O. The Labute approximate surface area is 542 Å². The van der Waals surface area contributed by atoms with Gasteiger partial charge in [0, 0.05) is 72.7 Å². The van der Waals surface area contributed by atoms with Crippen molar-refractivity contribution in [1.29, 1.82) is 0 Å². The lowest BCUT2D eigenvalue weighted by atomic mass is 9.92. The van der Waals surface area contributed by atoms with Crippen molar-refractivity contribution in [1.82, 2.24) is 55.6 Å². The number of benzene rings is 2. The number of halogens is 5. The quantitative estimate of drug-likeness (QED) is 0.244. The van der Waals surface area contributed by atoms with E-state index in [1.54, 1.807) is 52.0 Å². The molecule has 3 aliphatic rings. The molecule has 0 bridgehead atoms. The molecule has 4 N–H and O–H groups in total. The number of carbonyl (C=O) groups is 11. The molecule has 0 radical (unpaired) electrons. The number of hydrogen-bond donors (Lipinski definition) is 4. The molecule has 2 heterocycles. The third kappa shape index (κ3) is 19.5. The summed E-state index contributed by atoms with van der Waals surface area (Å²) in [5.74, 6) is -8.38. The lowest BCUT2D eigenvalue weighted by Gasteiger charge is -2.39. The summed E-state index contributed by atoms with van der Waals surface area (Å²) in [7, 11) is 8.28. The molecule has 22 nitrogen and oxygen atoms in total. The Hall–Kier alpha value is -7.02. The third-order valence-corrected chi connectivity index (χ3v) is 18.2. The summed E-state index contributed by atoms with van der Waals surface area (Å²) in [5, 5.41) is 11.2. The van der Waals surface area contributed by atoms with Gasteiger partial charge < -0.3 is 55.6 Å². The molecule has 1 spiro atoms. The number of aryl methyl sites for hydroxylation is 1. The fourth-order valence-corrected chi connectivity index (χ4v) is 12.7. The minimum absolute atomic E-state index is 0.0339. The lowest BCUT2D eigenvalue weighted by molar-refractivity contribution is -0.149. The largest absolute Gasteiger partial charge is 0.417 e. The second-order valence-corrected chi connectivity index (χ2v) is 26.5. The maximum atomic E-state index is 15.0. The minimum atomic E-state index is -4.76. The Morgan fingerprint density at radius 3 is 1.88 bits per heavy atom. The lowest BCUT2D eigenvalue weighted by Crippen LogP contribution is -2.64. The van der Waals surface area contributed by atoms with Crippen molar-refractivity contribution in [2.24, 2.45) is 17.8 Å². The summed E-state index contributed by atoms with van der Waals surface area (Å²) >= 11 is 12.5. The molecule has 8 atom stereocenters. The number of nitrogens with one attached hydrogen (secondary N) is 4. The monoisotopic (exact) mass is 1320 g/mol. The number of carbonyl (C=O) groups excluding carboxylic acids is 11. The summed E-state index contributed by atoms with van der Waals surface area (Å²) < 4.78 is 41.3. The van der Waals surface area contributed by atoms with Crippen LogP contribution in [-0.2, 0) is 71.8 Å². The van der Waals surface area contributed by atoms with E-state index in [2.05, 4.69) is 21.3 Å². The molecule has 1 aliphatic carbocycles. The maximum Gasteiger partial charge on any atom is 0.417 e. The van der Waals surface area contributed by atoms with Crippen molar-refractivity contribution in [2.75, 3.05) is 68.5 Å². The Morgan fingerprint density at radius 1 is 0.659 bits per heavy atom. The first-order valence-electron chi connectivity index (χ1n) is 31.2. The molecule has 504 valence electrons. The number of hydrogen-bond acceptors (Lipinski definition) is 11. The Kier molecular flexibility index (Phi) is 26.7. The first-order chi connectivity index (χ1) is 42.5. The van der Waals surface area contributed by atoms with Crippen molar-refractivity contribution >= 4 is 88.2 Å². The van der Waals surface area contributed by atoms with Gasteiger partial charge in [-0.1, -0.05) is 102 Å². The molecule has 27 heteroatoms. The van der Waals surface area contributed by atoms with Gasteiger partial charge in [0.2, 0.25) is 65.0 Å². The molecule has 3 fully saturated rings. The molecular formula is C64H92Cl2F3N11O11. The van der Waals surface area contributed by atoms with E-state index in [4.69, 9.17) is 23.2 Å². The molecule has 2 saturated heterocycles. The van der Waals surface area contributed by atoms with Crippen LogP contribution in [0.15, 0.2) is 42.5 Å². The van der Waals surface area contributed by atoms with Crippen molar-refractivity contribution < 1.29 is 65.9 Å². The van der Waals surface area contributed by atoms with Crippen molar-refractivity contribution in [3.8, 4) is 0 Å². The van der Waals surface area contributed by atoms with Crippen LogP contribution in [0.1, 0.15) is 129 Å². The van der Waals surface area contributed by atoms with E-state index in [9.17, 15) is 65.9 Å². The van der Waals surface area contributed by atoms with Crippen LogP contribution >= 0.6 is 23.2 Å². The van der Waals surface area contributed by atoms with Gasteiger partial charge in [-0.25, -0.2) is 0 Å². The maximum absolute atomic E-state index is 15.0. The third-order valence-electron chi connectivity index (χ3n) is 17.7. The van der Waals surface area contributed by atoms with Crippen LogP contribution in [0.5, 0.6) is 0 Å². The Morgan fingerprint density at radius 2 is 1.29 bits per heavy atom. The number of likely N-dealkylation sites (N-methyl/N-ethyl adjacent to an activating group) is 6. The number of alkyl halides is 3. The normalized spacial score (nSPS) is 24.9. The van der Waals surface area contributed by atoms with Crippen LogP contribution in [0.25, 0.3) is 0 Å². The van der Waals surface area contributed by atoms with Crippen LogP contribution in [0, 0.1) is 17.8 Å². The van der Waals surface area contributed by atoms with Crippen molar-refractivity contribution in [3.05, 3.63) is 69.2 Å². The van der Waals surface area contributed by atoms with E-state index in [1.165, 1.54) is 63.1 Å². The molecule has 1 saturated carbocycles. The topological polar surface area (TPSA) is 259 Å². The summed E-state index contributed by atoms with van der Waals surface area (Å²) in [6.07, 6.45) is -2.92. The van der Waals surface area contributed by atoms with Gasteiger partial charge >= 0.3 is 6.18 Å². The highest BCUT2D eigenvalue weighted by Crippen LogP contribution is 2.36. The summed E-state index contributed by atoms with van der Waals surface area (Å²) in [6.45, 7) is 10.6. The molecule has 2 aromatic rings. The minimum Gasteiger partial charge on any atom is -0.351 e. The second-order valence-electron chi connectivity index (χ2n) is 25.7. The summed E-state index contributed by atoms with van der Waals surface area (Å²) in [6, 6.07) is 1.52. The van der Waals surface area contributed by atoms with E-state index >= 15 is 0 Å². The average Bonchev–Trinajstić information content (AvgIpc) is 1.75. The predicted molar refractivity (Wildman–Crippen MR) is 336 cm³/mol. The first-order valence-corrected chi connectivity index (χ1v) is 31.9. The molecule has 2 aliphatic heterocycles. The van der Waals surface area contributed by atoms with Crippen LogP contribution in [0.2, 0.25) is 10.0 Å². The van der Waals surface area contributed by atoms with Gasteiger partial charge in [-0.3, -0.25) is 52.7 Å². The van der Waals surface area contributed by atoms with E-state index in [-0.39, 0.29) is 69.4 Å². The van der Waals surface area contributed by atoms with Crippen LogP contribution in [-0.4, -0.2) is 216 Å². The second kappa shape index (κ2) is 32.5. The number of nitrogens with zero attached hydrogens (tertiary/aromatic N) is 7. The average molecular weight is 1320 g/mol. The predicted octanol–water partition coefficient (Wildman–Crippen LogP) is 5.09. The summed E-state index contributed by atoms with van der Waals surface area (Å²) in [4.78, 5) is 167. The highest BCUT2D eigenvalue weighted by atomic mass is 35.5. The van der Waals surface area contributed by atoms with Crippen LogP contribution in [0.4, 0.5) is 13.2 Å². The van der Waals surface area contributed by atoms with E-state index in [0.29, 0.717) is 36.3 Å². The van der Waals surface area contributed by atoms with Gasteiger partial charge in [-0.2, -0.15) is 13.2 Å². The van der Waals surface area contributed by atoms with Gasteiger partial charge in [-0.05, 0) is 105 Å². The molecule has 11 amide bonds. The van der Waals surface area contributed by atoms with Gasteiger partial charge in [0.05, 0.1) is 30.2 Å². The van der Waals surface area contributed by atoms with E-state index in [1.807, 2.05) is 20.8 Å². The Bertz CT molecular complexity index is 3000. The van der Waals surface area contributed by atoms with Crippen molar-refractivity contribution in [3.63, 3.8) is 0 Å². The van der Waals surface area contributed by atoms with E-state index < -0.39 is 161 Å². The molecular weight excluding hydrogens is 1230 g/mol. The number of amides is 11. The first kappa shape index (κ1) is 74.7. The zero-order valence-electron chi connectivity index (χ0n) is 54.6. The number of fused-ring (bicyclic) bond motifs is 1. The van der Waals surface area contributed by atoms with Gasteiger partial charge in [0.1, 0.15) is 41.8 Å². The molecule has 5 rings (SSSR count). The van der Waals surface area contributed by atoms with Crippen LogP contribution in [0.3, 0.4) is 0 Å². The molecule has 2 aromatic carbocycles. The Balaban J connectivity index is 1.56. The molecule has 1 unspecified atom stereocenters. The zero-order valence-corrected chi connectivity index (χ0v) is 56.2. The molecule has 0 aromatic heterocycles. The van der Waals surface area contributed by atoms with Gasteiger partial charge in [0.15, 0.2) is 0 Å². The zero-order chi connectivity index (χ0) is 68.1. The smallest absolute Gasteiger partial charge is 0.351 e. The molecule has 91 heavy (non-hydrogen) atoms. The van der Waals surface area contributed by atoms with Crippen LogP contribution < -0.4 is 21.3 Å². The fourth-order valence-electron chi connectivity index (χ4n) is 12.2. The highest BCUT2D eigenvalue weighted by molar-refractivity contribution is 6.31. The van der Waals surface area contributed by atoms with Gasteiger partial charge in [-0.15, -0.1) is 0 Å².